The van der Waals surface area contributed by atoms with Gasteiger partial charge in [0.05, 0.1) is 7.14 Å². The number of hydrogen-bond donors (Lipinski definition) is 0. The van der Waals surface area contributed by atoms with Gasteiger partial charge in [-0.3, -0.25) is 0 Å². The second-order valence-corrected chi connectivity index (χ2v) is 4.89. The summed E-state index contributed by atoms with van der Waals surface area (Å²) in [6.07, 6.45) is 1.82. The molecule has 1 rings (SSSR count). The SMILES string of the molecule is C=Cc1cc(I)c(OCOC)c(I)c1. The van der Waals surface area contributed by atoms with Gasteiger partial charge in [0.2, 0.25) is 0 Å². The lowest BCUT2D eigenvalue weighted by molar-refractivity contribution is 0.0499. The lowest BCUT2D eigenvalue weighted by Gasteiger charge is -2.10. The molecule has 2 nitrogen and oxygen atoms in total. The highest BCUT2D eigenvalue weighted by Crippen LogP contribution is 2.29. The Bertz CT molecular complexity index is 314. The third-order valence-corrected chi connectivity index (χ3v) is 3.18. The summed E-state index contributed by atoms with van der Waals surface area (Å²) in [7, 11) is 1.61. The molecule has 0 unspecified atom stereocenters. The van der Waals surface area contributed by atoms with Crippen LogP contribution in [0, 0.1) is 7.14 Å². The lowest BCUT2D eigenvalue weighted by atomic mass is 10.2. The maximum absolute atomic E-state index is 5.44. The average molecular weight is 416 g/mol. The number of rotatable bonds is 4. The van der Waals surface area contributed by atoms with Crippen molar-refractivity contribution in [3.05, 3.63) is 31.4 Å². The highest BCUT2D eigenvalue weighted by atomic mass is 127. The first-order valence-electron chi connectivity index (χ1n) is 3.92. The van der Waals surface area contributed by atoms with Crippen LogP contribution in [0.5, 0.6) is 5.75 Å². The van der Waals surface area contributed by atoms with Gasteiger partial charge in [-0.15, -0.1) is 0 Å². The third-order valence-electron chi connectivity index (χ3n) is 1.58. The van der Waals surface area contributed by atoms with Crippen LogP contribution < -0.4 is 4.74 Å². The van der Waals surface area contributed by atoms with Crippen LogP contribution in [-0.2, 0) is 4.74 Å². The van der Waals surface area contributed by atoms with Crippen LogP contribution in [0.25, 0.3) is 6.08 Å². The number of hydrogen-bond acceptors (Lipinski definition) is 2. The Labute approximate surface area is 111 Å². The molecule has 0 aliphatic carbocycles. The van der Waals surface area contributed by atoms with E-state index in [-0.39, 0.29) is 6.79 Å². The molecule has 0 amide bonds. The van der Waals surface area contributed by atoms with Crippen molar-refractivity contribution < 1.29 is 9.47 Å². The highest BCUT2D eigenvalue weighted by molar-refractivity contribution is 14.1. The Kier molecular flexibility index (Phi) is 5.18. The van der Waals surface area contributed by atoms with Gasteiger partial charge in [-0.25, -0.2) is 0 Å². The van der Waals surface area contributed by atoms with Crippen molar-refractivity contribution in [1.29, 1.82) is 0 Å². The van der Waals surface area contributed by atoms with E-state index >= 15 is 0 Å². The van der Waals surface area contributed by atoms with Gasteiger partial charge in [0.25, 0.3) is 0 Å². The predicted octanol–water partition coefficient (Wildman–Crippen LogP) is 3.52. The number of halogens is 2. The van der Waals surface area contributed by atoms with Crippen LogP contribution in [0.1, 0.15) is 5.56 Å². The molecule has 0 aliphatic heterocycles. The van der Waals surface area contributed by atoms with E-state index in [0.717, 1.165) is 18.5 Å². The van der Waals surface area contributed by atoms with Gasteiger partial charge in [0, 0.05) is 7.11 Å². The molecule has 0 radical (unpaired) electrons. The molecule has 0 N–H and O–H groups in total. The molecule has 76 valence electrons. The molecule has 0 aromatic heterocycles. The summed E-state index contributed by atoms with van der Waals surface area (Å²) in [6, 6.07) is 4.06. The number of benzene rings is 1. The Morgan fingerprint density at radius 2 is 1.93 bits per heavy atom. The van der Waals surface area contributed by atoms with Crippen molar-refractivity contribution in [2.45, 2.75) is 0 Å². The van der Waals surface area contributed by atoms with Gasteiger partial charge >= 0.3 is 0 Å². The van der Waals surface area contributed by atoms with Gasteiger partial charge in [0.1, 0.15) is 5.75 Å². The molecular weight excluding hydrogens is 406 g/mol. The van der Waals surface area contributed by atoms with Crippen LogP contribution in [0.2, 0.25) is 0 Å². The monoisotopic (exact) mass is 416 g/mol. The van der Waals surface area contributed by atoms with E-state index in [1.165, 1.54) is 0 Å². The minimum Gasteiger partial charge on any atom is -0.465 e. The topological polar surface area (TPSA) is 18.5 Å². The van der Waals surface area contributed by atoms with Gasteiger partial charge in [-0.1, -0.05) is 12.7 Å². The second-order valence-electron chi connectivity index (χ2n) is 2.57. The third kappa shape index (κ3) is 3.09. The molecule has 0 bridgehead atoms. The first kappa shape index (κ1) is 12.3. The minimum atomic E-state index is 0.277. The van der Waals surface area contributed by atoms with E-state index in [1.54, 1.807) is 7.11 Å². The van der Waals surface area contributed by atoms with Crippen molar-refractivity contribution >= 4 is 51.3 Å². The van der Waals surface area contributed by atoms with E-state index in [0.29, 0.717) is 0 Å². The van der Waals surface area contributed by atoms with E-state index < -0.39 is 0 Å². The van der Waals surface area contributed by atoms with Crippen LogP contribution in [0.4, 0.5) is 0 Å². The van der Waals surface area contributed by atoms with Crippen molar-refractivity contribution in [3.63, 3.8) is 0 Å². The molecule has 0 saturated carbocycles. The maximum atomic E-state index is 5.44. The Morgan fingerprint density at radius 3 is 2.36 bits per heavy atom. The van der Waals surface area contributed by atoms with Crippen molar-refractivity contribution in [2.24, 2.45) is 0 Å². The zero-order valence-corrected chi connectivity index (χ0v) is 12.0. The first-order valence-corrected chi connectivity index (χ1v) is 6.08. The molecule has 0 heterocycles. The normalized spacial score (nSPS) is 9.93. The molecule has 1 aromatic rings. The van der Waals surface area contributed by atoms with E-state index in [9.17, 15) is 0 Å². The summed E-state index contributed by atoms with van der Waals surface area (Å²) in [5.41, 5.74) is 1.10. The van der Waals surface area contributed by atoms with E-state index in [2.05, 4.69) is 51.8 Å². The fraction of sp³-hybridized carbons (Fsp3) is 0.200. The molecule has 4 heteroatoms. The van der Waals surface area contributed by atoms with Crippen LogP contribution >= 0.6 is 45.2 Å². The molecule has 0 aliphatic rings. The molecule has 0 spiro atoms. The molecule has 0 atom stereocenters. The zero-order chi connectivity index (χ0) is 10.6. The highest BCUT2D eigenvalue weighted by Gasteiger charge is 2.07. The Hall–Kier alpha value is 0.180. The second kappa shape index (κ2) is 5.92. The van der Waals surface area contributed by atoms with Crippen molar-refractivity contribution in [1.82, 2.24) is 0 Å². The summed E-state index contributed by atoms with van der Waals surface area (Å²) >= 11 is 4.48. The molecule has 0 fully saturated rings. The largest absolute Gasteiger partial charge is 0.465 e. The fourth-order valence-electron chi connectivity index (χ4n) is 0.953. The summed E-state index contributed by atoms with van der Waals surface area (Å²) in [6.45, 7) is 4.01. The summed E-state index contributed by atoms with van der Waals surface area (Å²) < 4.78 is 12.4. The van der Waals surface area contributed by atoms with Crippen molar-refractivity contribution in [3.8, 4) is 5.75 Å². The summed E-state index contributed by atoms with van der Waals surface area (Å²) in [5, 5.41) is 0. The number of ether oxygens (including phenoxy) is 2. The smallest absolute Gasteiger partial charge is 0.188 e. The Morgan fingerprint density at radius 1 is 1.36 bits per heavy atom. The fourth-order valence-corrected chi connectivity index (χ4v) is 3.08. The zero-order valence-electron chi connectivity index (χ0n) is 7.72. The van der Waals surface area contributed by atoms with Crippen LogP contribution in [0.3, 0.4) is 0 Å². The molecule has 14 heavy (non-hydrogen) atoms. The quantitative estimate of drug-likeness (QED) is 0.553. The summed E-state index contributed by atoms with van der Waals surface area (Å²) in [4.78, 5) is 0. The molecule has 1 aromatic carbocycles. The predicted molar refractivity (Wildman–Crippen MR) is 74.5 cm³/mol. The first-order chi connectivity index (χ1) is 6.69. The molecular formula is C10H10I2O2. The van der Waals surface area contributed by atoms with Gasteiger partial charge in [-0.05, 0) is 62.9 Å². The lowest BCUT2D eigenvalue weighted by Crippen LogP contribution is -2.02. The number of methoxy groups -OCH3 is 1. The Balaban J connectivity index is 2.99. The molecule has 0 saturated heterocycles. The average Bonchev–Trinajstić information content (AvgIpc) is 2.16. The van der Waals surface area contributed by atoms with Crippen molar-refractivity contribution in [2.75, 3.05) is 13.9 Å². The van der Waals surface area contributed by atoms with Gasteiger partial charge in [-0.2, -0.15) is 0 Å². The van der Waals surface area contributed by atoms with Gasteiger partial charge in [0.15, 0.2) is 6.79 Å². The van der Waals surface area contributed by atoms with Crippen LogP contribution in [-0.4, -0.2) is 13.9 Å². The summed E-state index contributed by atoms with van der Waals surface area (Å²) in [5.74, 6) is 0.874. The van der Waals surface area contributed by atoms with E-state index in [4.69, 9.17) is 9.47 Å². The van der Waals surface area contributed by atoms with E-state index in [1.807, 2.05) is 18.2 Å². The standard InChI is InChI=1S/C10H10I2O2/c1-3-7-4-8(11)10(9(12)5-7)14-6-13-2/h3-5H,1,6H2,2H3. The van der Waals surface area contributed by atoms with Crippen LogP contribution in [0.15, 0.2) is 18.7 Å². The minimum absolute atomic E-state index is 0.277. The van der Waals surface area contributed by atoms with Gasteiger partial charge < -0.3 is 9.47 Å². The maximum Gasteiger partial charge on any atom is 0.188 e.